The quantitative estimate of drug-likeness (QED) is 0.183. The van der Waals surface area contributed by atoms with E-state index in [-0.39, 0.29) is 0 Å². The second-order valence-electron chi connectivity index (χ2n) is 8.16. The van der Waals surface area contributed by atoms with Crippen molar-refractivity contribution in [3.8, 4) is 0 Å². The SMILES string of the molecule is c1ccc2cc3c(ccc4c3ccc3c5ccccc5c5ccccc5c43)cc2c1. The number of benzene rings is 7. The smallest absolute Gasteiger partial charge is 0.00201 e. The fraction of sp³-hybridized carbons (Fsp3) is 0. The van der Waals surface area contributed by atoms with E-state index in [9.17, 15) is 0 Å². The van der Waals surface area contributed by atoms with Gasteiger partial charge in [0.05, 0.1) is 0 Å². The molecule has 0 N–H and O–H groups in total. The van der Waals surface area contributed by atoms with E-state index in [0.717, 1.165) is 0 Å². The van der Waals surface area contributed by atoms with Crippen LogP contribution in [0.15, 0.2) is 109 Å². The largest absolute Gasteiger partial charge is 0.0616 e. The van der Waals surface area contributed by atoms with Crippen LogP contribution in [0.1, 0.15) is 0 Å². The highest BCUT2D eigenvalue weighted by atomic mass is 14.2. The van der Waals surface area contributed by atoms with Gasteiger partial charge in [-0.05, 0) is 76.8 Å². The molecule has 0 aliphatic heterocycles. The summed E-state index contributed by atoms with van der Waals surface area (Å²) in [6.45, 7) is 0. The van der Waals surface area contributed by atoms with E-state index >= 15 is 0 Å². The molecule has 0 heterocycles. The van der Waals surface area contributed by atoms with Gasteiger partial charge in [0.1, 0.15) is 0 Å². The average molecular weight is 378 g/mol. The van der Waals surface area contributed by atoms with Gasteiger partial charge in [-0.25, -0.2) is 0 Å². The Morgan fingerprint density at radius 2 is 0.700 bits per heavy atom. The van der Waals surface area contributed by atoms with Gasteiger partial charge in [-0.3, -0.25) is 0 Å². The molecule has 30 heavy (non-hydrogen) atoms. The van der Waals surface area contributed by atoms with E-state index in [1.807, 2.05) is 0 Å². The summed E-state index contributed by atoms with van der Waals surface area (Å²) < 4.78 is 0. The Balaban J connectivity index is 1.76. The Morgan fingerprint density at radius 3 is 1.40 bits per heavy atom. The molecule has 0 saturated heterocycles. The van der Waals surface area contributed by atoms with E-state index in [4.69, 9.17) is 0 Å². The molecule has 0 heteroatoms. The first-order valence-corrected chi connectivity index (χ1v) is 10.5. The van der Waals surface area contributed by atoms with Crippen LogP contribution in [0, 0.1) is 0 Å². The Morgan fingerprint density at radius 1 is 0.267 bits per heavy atom. The monoisotopic (exact) mass is 378 g/mol. The summed E-state index contributed by atoms with van der Waals surface area (Å²) in [5, 5.41) is 15.9. The van der Waals surface area contributed by atoms with Crippen molar-refractivity contribution in [1.29, 1.82) is 0 Å². The molecule has 0 nitrogen and oxygen atoms in total. The van der Waals surface area contributed by atoms with Crippen LogP contribution in [0.25, 0.3) is 64.6 Å². The van der Waals surface area contributed by atoms with Crippen LogP contribution in [0.3, 0.4) is 0 Å². The fourth-order valence-electron chi connectivity index (χ4n) is 5.23. The molecule has 0 aliphatic carbocycles. The first-order chi connectivity index (χ1) is 14.9. The number of hydrogen-bond donors (Lipinski definition) is 0. The maximum atomic E-state index is 2.35. The molecule has 0 bridgehead atoms. The molecular weight excluding hydrogens is 360 g/mol. The Bertz CT molecular complexity index is 1750. The van der Waals surface area contributed by atoms with Crippen LogP contribution in [0.2, 0.25) is 0 Å². The van der Waals surface area contributed by atoms with Gasteiger partial charge >= 0.3 is 0 Å². The summed E-state index contributed by atoms with van der Waals surface area (Å²) in [5.41, 5.74) is 0. The lowest BCUT2D eigenvalue weighted by atomic mass is 9.89. The molecule has 7 aromatic carbocycles. The first-order valence-electron chi connectivity index (χ1n) is 10.5. The fourth-order valence-corrected chi connectivity index (χ4v) is 5.23. The van der Waals surface area contributed by atoms with Gasteiger partial charge in [-0.15, -0.1) is 0 Å². The van der Waals surface area contributed by atoms with Crippen molar-refractivity contribution >= 4 is 64.6 Å². The zero-order chi connectivity index (χ0) is 19.7. The second-order valence-corrected chi connectivity index (χ2v) is 8.16. The summed E-state index contributed by atoms with van der Waals surface area (Å²) in [6.07, 6.45) is 0. The van der Waals surface area contributed by atoms with Gasteiger partial charge in [-0.2, -0.15) is 0 Å². The standard InChI is InChI=1S/C30H18/c1-2-8-20-18-29-21(17-19(20)7-1)13-14-27-25(29)15-16-28-24-11-4-3-9-22(24)23-10-5-6-12-26(23)30(27)28/h1-18H. The van der Waals surface area contributed by atoms with Crippen LogP contribution >= 0.6 is 0 Å². The van der Waals surface area contributed by atoms with Crippen molar-refractivity contribution < 1.29 is 0 Å². The maximum absolute atomic E-state index is 2.35. The topological polar surface area (TPSA) is 0 Å². The predicted octanol–water partition coefficient (Wildman–Crippen LogP) is 8.61. The Kier molecular flexibility index (Phi) is 3.09. The first kappa shape index (κ1) is 16.0. The minimum absolute atomic E-state index is 1.29. The van der Waals surface area contributed by atoms with E-state index in [1.54, 1.807) is 0 Å². The lowest BCUT2D eigenvalue weighted by Gasteiger charge is -2.14. The molecule has 0 aromatic heterocycles. The number of rotatable bonds is 0. The summed E-state index contributed by atoms with van der Waals surface area (Å²) in [5.74, 6) is 0. The molecule has 0 amide bonds. The lowest BCUT2D eigenvalue weighted by Crippen LogP contribution is -1.86. The maximum Gasteiger partial charge on any atom is -0.00201 e. The van der Waals surface area contributed by atoms with Gasteiger partial charge in [0, 0.05) is 0 Å². The van der Waals surface area contributed by atoms with Gasteiger partial charge in [-0.1, -0.05) is 97.1 Å². The molecule has 0 fully saturated rings. The van der Waals surface area contributed by atoms with Gasteiger partial charge in [0.15, 0.2) is 0 Å². The zero-order valence-corrected chi connectivity index (χ0v) is 16.4. The van der Waals surface area contributed by atoms with E-state index in [1.165, 1.54) is 64.6 Å². The lowest BCUT2D eigenvalue weighted by molar-refractivity contribution is 1.78. The third-order valence-corrected chi connectivity index (χ3v) is 6.59. The van der Waals surface area contributed by atoms with E-state index < -0.39 is 0 Å². The highest BCUT2D eigenvalue weighted by Gasteiger charge is 2.12. The third-order valence-electron chi connectivity index (χ3n) is 6.59. The highest BCUT2D eigenvalue weighted by Crippen LogP contribution is 2.40. The Labute approximate surface area is 174 Å². The van der Waals surface area contributed by atoms with Crippen molar-refractivity contribution in [3.05, 3.63) is 109 Å². The summed E-state index contributed by atoms with van der Waals surface area (Å²) in [7, 11) is 0. The number of fused-ring (bicyclic) bond motifs is 11. The third kappa shape index (κ3) is 2.06. The molecular formula is C30H18. The summed E-state index contributed by atoms with van der Waals surface area (Å²) in [6, 6.07) is 40.1. The summed E-state index contributed by atoms with van der Waals surface area (Å²) in [4.78, 5) is 0. The van der Waals surface area contributed by atoms with Crippen LogP contribution in [0.5, 0.6) is 0 Å². The normalized spacial score (nSPS) is 12.0. The van der Waals surface area contributed by atoms with Crippen molar-refractivity contribution in [2.24, 2.45) is 0 Å². The molecule has 0 aliphatic rings. The second kappa shape index (κ2) is 5.81. The van der Waals surface area contributed by atoms with Gasteiger partial charge in [0.25, 0.3) is 0 Å². The highest BCUT2D eigenvalue weighted by molar-refractivity contribution is 6.33. The number of hydrogen-bond acceptors (Lipinski definition) is 0. The molecule has 0 spiro atoms. The van der Waals surface area contributed by atoms with E-state index in [2.05, 4.69) is 109 Å². The van der Waals surface area contributed by atoms with Crippen LogP contribution < -0.4 is 0 Å². The predicted molar refractivity (Wildman–Crippen MR) is 131 cm³/mol. The van der Waals surface area contributed by atoms with Crippen molar-refractivity contribution in [2.75, 3.05) is 0 Å². The van der Waals surface area contributed by atoms with E-state index in [0.29, 0.717) is 0 Å². The summed E-state index contributed by atoms with van der Waals surface area (Å²) >= 11 is 0. The molecule has 7 rings (SSSR count). The van der Waals surface area contributed by atoms with Crippen molar-refractivity contribution in [2.45, 2.75) is 0 Å². The molecule has 7 aromatic rings. The molecule has 138 valence electrons. The minimum atomic E-state index is 1.29. The molecule has 0 saturated carbocycles. The van der Waals surface area contributed by atoms with Gasteiger partial charge in [0.2, 0.25) is 0 Å². The minimum Gasteiger partial charge on any atom is -0.0616 e. The average Bonchev–Trinajstić information content (AvgIpc) is 2.82. The molecule has 0 radical (unpaired) electrons. The van der Waals surface area contributed by atoms with Gasteiger partial charge < -0.3 is 0 Å². The van der Waals surface area contributed by atoms with Crippen molar-refractivity contribution in [3.63, 3.8) is 0 Å². The molecule has 0 unspecified atom stereocenters. The molecule has 0 atom stereocenters. The zero-order valence-electron chi connectivity index (χ0n) is 16.4. The van der Waals surface area contributed by atoms with Crippen LogP contribution in [-0.4, -0.2) is 0 Å². The van der Waals surface area contributed by atoms with Crippen molar-refractivity contribution in [1.82, 2.24) is 0 Å². The van der Waals surface area contributed by atoms with Crippen LogP contribution in [0.4, 0.5) is 0 Å². The Hall–Kier alpha value is -3.90. The van der Waals surface area contributed by atoms with Crippen LogP contribution in [-0.2, 0) is 0 Å².